The van der Waals surface area contributed by atoms with Crippen LogP contribution in [-0.2, 0) is 0 Å². The fraction of sp³-hybridized carbons (Fsp3) is 1.00. The molecule has 0 bridgehead atoms. The Morgan fingerprint density at radius 2 is 1.58 bits per heavy atom. The Morgan fingerprint density at radius 1 is 1.08 bits per heavy atom. The van der Waals surface area contributed by atoms with Crippen LogP contribution in [0.1, 0.15) is 53.9 Å². The van der Waals surface area contributed by atoms with Crippen molar-refractivity contribution in [3.63, 3.8) is 0 Å². The Morgan fingerprint density at radius 3 is 1.92 bits per heavy atom. The third kappa shape index (κ3) is 7.15. The molecule has 0 nitrogen and oxygen atoms in total. The van der Waals surface area contributed by atoms with Gasteiger partial charge in [-0.1, -0.05) is 43.6 Å². The minimum atomic E-state index is 0.367. The van der Waals surface area contributed by atoms with E-state index in [1.807, 2.05) is 0 Å². The first-order chi connectivity index (χ1) is 5.33. The van der Waals surface area contributed by atoms with Crippen LogP contribution in [0.15, 0.2) is 0 Å². The molecule has 0 saturated carbocycles. The Kier molecular flexibility index (Phi) is 5.47. The first kappa shape index (κ1) is 12.5. The quantitative estimate of drug-likeness (QED) is 0.610. The van der Waals surface area contributed by atoms with Crippen LogP contribution in [0, 0.1) is 11.8 Å². The Bertz CT molecular complexity index is 114. The molecular formula is C11H23Br. The molecule has 0 aliphatic carbocycles. The van der Waals surface area contributed by atoms with Crippen molar-refractivity contribution in [2.24, 2.45) is 11.8 Å². The SMILES string of the molecule is CC(C)CCC(C)(Br)CC(C)C. The standard InChI is InChI=1S/C11H23Br/c1-9(2)6-7-11(5,12)8-10(3)4/h9-10H,6-8H2,1-5H3. The van der Waals surface area contributed by atoms with Gasteiger partial charge >= 0.3 is 0 Å². The van der Waals surface area contributed by atoms with Crippen LogP contribution < -0.4 is 0 Å². The van der Waals surface area contributed by atoms with Crippen LogP contribution >= 0.6 is 15.9 Å². The lowest BCUT2D eigenvalue weighted by atomic mass is 9.92. The van der Waals surface area contributed by atoms with Gasteiger partial charge in [-0.25, -0.2) is 0 Å². The second kappa shape index (κ2) is 5.26. The molecule has 0 saturated heterocycles. The van der Waals surface area contributed by atoms with Crippen LogP contribution in [0.5, 0.6) is 0 Å². The summed E-state index contributed by atoms with van der Waals surface area (Å²) in [4.78, 5) is 0. The first-order valence-electron chi connectivity index (χ1n) is 5.02. The van der Waals surface area contributed by atoms with Crippen LogP contribution in [0.2, 0.25) is 0 Å². The molecule has 0 fully saturated rings. The second-order valence-corrected chi connectivity index (χ2v) is 6.86. The largest absolute Gasteiger partial charge is 0.0856 e. The molecule has 0 aliphatic heterocycles. The summed E-state index contributed by atoms with van der Waals surface area (Å²) in [5.41, 5.74) is 0. The summed E-state index contributed by atoms with van der Waals surface area (Å²) in [6.07, 6.45) is 3.90. The van der Waals surface area contributed by atoms with Gasteiger partial charge in [0.05, 0.1) is 0 Å². The topological polar surface area (TPSA) is 0 Å². The number of hydrogen-bond donors (Lipinski definition) is 0. The Balaban J connectivity index is 3.71. The van der Waals surface area contributed by atoms with Crippen LogP contribution in [0.25, 0.3) is 0 Å². The highest BCUT2D eigenvalue weighted by Crippen LogP contribution is 2.32. The number of rotatable bonds is 5. The van der Waals surface area contributed by atoms with E-state index < -0.39 is 0 Å². The molecule has 0 heterocycles. The van der Waals surface area contributed by atoms with Crippen molar-refractivity contribution in [3.05, 3.63) is 0 Å². The van der Waals surface area contributed by atoms with Crippen molar-refractivity contribution in [3.8, 4) is 0 Å². The minimum Gasteiger partial charge on any atom is -0.0856 e. The molecule has 0 amide bonds. The number of hydrogen-bond acceptors (Lipinski definition) is 0. The highest BCUT2D eigenvalue weighted by atomic mass is 79.9. The van der Waals surface area contributed by atoms with Crippen molar-refractivity contribution >= 4 is 15.9 Å². The molecule has 74 valence electrons. The monoisotopic (exact) mass is 234 g/mol. The number of alkyl halides is 1. The van der Waals surface area contributed by atoms with Gasteiger partial charge in [0.1, 0.15) is 0 Å². The Hall–Kier alpha value is 0.480. The number of halogens is 1. The van der Waals surface area contributed by atoms with Crippen molar-refractivity contribution in [2.45, 2.75) is 58.2 Å². The third-order valence-electron chi connectivity index (χ3n) is 2.08. The fourth-order valence-electron chi connectivity index (χ4n) is 1.54. The van der Waals surface area contributed by atoms with E-state index in [9.17, 15) is 0 Å². The van der Waals surface area contributed by atoms with Crippen LogP contribution in [0.4, 0.5) is 0 Å². The molecule has 0 aromatic carbocycles. The summed E-state index contributed by atoms with van der Waals surface area (Å²) in [5, 5.41) is 0. The molecule has 0 N–H and O–H groups in total. The van der Waals surface area contributed by atoms with Gasteiger partial charge in [0.15, 0.2) is 0 Å². The van der Waals surface area contributed by atoms with Crippen molar-refractivity contribution in [1.82, 2.24) is 0 Å². The summed E-state index contributed by atoms with van der Waals surface area (Å²) < 4.78 is 0.367. The van der Waals surface area contributed by atoms with E-state index in [0.29, 0.717) is 4.32 Å². The maximum Gasteiger partial charge on any atom is 0.0232 e. The van der Waals surface area contributed by atoms with Crippen molar-refractivity contribution in [2.75, 3.05) is 0 Å². The molecule has 12 heavy (non-hydrogen) atoms. The summed E-state index contributed by atoms with van der Waals surface area (Å²) in [7, 11) is 0. The van der Waals surface area contributed by atoms with Gasteiger partial charge in [-0.05, 0) is 38.0 Å². The molecule has 0 spiro atoms. The van der Waals surface area contributed by atoms with Crippen molar-refractivity contribution < 1.29 is 0 Å². The van der Waals surface area contributed by atoms with Gasteiger partial charge in [0.2, 0.25) is 0 Å². The molecule has 1 atom stereocenters. The molecule has 0 radical (unpaired) electrons. The summed E-state index contributed by atoms with van der Waals surface area (Å²) >= 11 is 3.81. The molecule has 0 rings (SSSR count). The van der Waals surface area contributed by atoms with E-state index in [4.69, 9.17) is 0 Å². The average molecular weight is 235 g/mol. The second-order valence-electron chi connectivity index (χ2n) is 4.94. The highest BCUT2D eigenvalue weighted by Gasteiger charge is 2.21. The van der Waals surface area contributed by atoms with E-state index in [-0.39, 0.29) is 0 Å². The van der Waals surface area contributed by atoms with E-state index in [1.165, 1.54) is 19.3 Å². The summed E-state index contributed by atoms with van der Waals surface area (Å²) in [6, 6.07) is 0. The average Bonchev–Trinajstić information content (AvgIpc) is 1.81. The normalized spacial score (nSPS) is 17.0. The lowest BCUT2D eigenvalue weighted by Gasteiger charge is -2.25. The van der Waals surface area contributed by atoms with E-state index in [0.717, 1.165) is 11.8 Å². The predicted molar refractivity (Wildman–Crippen MR) is 60.9 cm³/mol. The van der Waals surface area contributed by atoms with Gasteiger partial charge in [-0.3, -0.25) is 0 Å². The van der Waals surface area contributed by atoms with E-state index in [2.05, 4.69) is 50.5 Å². The highest BCUT2D eigenvalue weighted by molar-refractivity contribution is 9.10. The smallest absolute Gasteiger partial charge is 0.0232 e. The van der Waals surface area contributed by atoms with Crippen LogP contribution in [-0.4, -0.2) is 4.32 Å². The molecular weight excluding hydrogens is 212 g/mol. The Labute approximate surface area is 86.3 Å². The van der Waals surface area contributed by atoms with Crippen molar-refractivity contribution in [1.29, 1.82) is 0 Å². The van der Waals surface area contributed by atoms with Crippen LogP contribution in [0.3, 0.4) is 0 Å². The zero-order valence-electron chi connectivity index (χ0n) is 9.15. The fourth-order valence-corrected chi connectivity index (χ4v) is 2.42. The van der Waals surface area contributed by atoms with E-state index >= 15 is 0 Å². The van der Waals surface area contributed by atoms with Gasteiger partial charge in [-0.2, -0.15) is 0 Å². The van der Waals surface area contributed by atoms with Gasteiger partial charge in [0, 0.05) is 4.32 Å². The maximum absolute atomic E-state index is 3.81. The zero-order valence-corrected chi connectivity index (χ0v) is 10.7. The van der Waals surface area contributed by atoms with Gasteiger partial charge in [-0.15, -0.1) is 0 Å². The zero-order chi connectivity index (χ0) is 9.78. The summed E-state index contributed by atoms with van der Waals surface area (Å²) in [5.74, 6) is 1.62. The lowest BCUT2D eigenvalue weighted by molar-refractivity contribution is 0.421. The lowest BCUT2D eigenvalue weighted by Crippen LogP contribution is -2.19. The molecule has 0 aliphatic rings. The molecule has 1 unspecified atom stereocenters. The predicted octanol–water partition coefficient (Wildman–Crippen LogP) is 4.62. The summed E-state index contributed by atoms with van der Waals surface area (Å²) in [6.45, 7) is 11.5. The molecule has 0 aromatic rings. The third-order valence-corrected chi connectivity index (χ3v) is 2.80. The minimum absolute atomic E-state index is 0.367. The molecule has 0 aromatic heterocycles. The van der Waals surface area contributed by atoms with Gasteiger partial charge < -0.3 is 0 Å². The molecule has 1 heteroatoms. The first-order valence-corrected chi connectivity index (χ1v) is 5.81. The van der Waals surface area contributed by atoms with Gasteiger partial charge in [0.25, 0.3) is 0 Å². The maximum atomic E-state index is 3.81. The van der Waals surface area contributed by atoms with E-state index in [1.54, 1.807) is 0 Å².